The number of benzene rings is 1. The first-order valence-corrected chi connectivity index (χ1v) is 7.50. The molecule has 0 radical (unpaired) electrons. The molecule has 3 heteroatoms. The average Bonchev–Trinajstić information content (AvgIpc) is 2.44. The number of nitrogens with zero attached hydrogens (tertiary/aromatic N) is 1. The first-order valence-electron chi connectivity index (χ1n) is 6.71. The maximum Gasteiger partial charge on any atom is 0.0688 e. The molecule has 2 aromatic rings. The molecule has 1 unspecified atom stereocenters. The van der Waals surface area contributed by atoms with Gasteiger partial charge in [0.25, 0.3) is 0 Å². The van der Waals surface area contributed by atoms with Crippen molar-refractivity contribution < 1.29 is 0 Å². The lowest BCUT2D eigenvalue weighted by Crippen LogP contribution is -2.19. The molecule has 0 fully saturated rings. The van der Waals surface area contributed by atoms with Crippen LogP contribution in [0.25, 0.3) is 0 Å². The molecule has 1 aliphatic rings. The lowest BCUT2D eigenvalue weighted by atomic mass is 9.91. The minimum Gasteiger partial charge on any atom is -0.376 e. The molecule has 0 aliphatic heterocycles. The molecule has 1 aliphatic carbocycles. The van der Waals surface area contributed by atoms with Crippen molar-refractivity contribution in [1.82, 2.24) is 4.98 Å². The van der Waals surface area contributed by atoms with Crippen LogP contribution >= 0.6 is 15.9 Å². The number of fused-ring (bicyclic) bond motifs is 1. The summed E-state index contributed by atoms with van der Waals surface area (Å²) in [5.74, 6) is 0. The topological polar surface area (TPSA) is 24.9 Å². The van der Waals surface area contributed by atoms with Crippen molar-refractivity contribution in [1.29, 1.82) is 0 Å². The van der Waals surface area contributed by atoms with Crippen LogP contribution in [-0.4, -0.2) is 4.98 Å². The second-order valence-corrected chi connectivity index (χ2v) is 5.90. The SMILES string of the molecule is Cc1c(Br)cccc1NC1CCCc2cccnc21. The Morgan fingerprint density at radius 3 is 3.05 bits per heavy atom. The number of pyridine rings is 1. The zero-order valence-corrected chi connectivity index (χ0v) is 12.6. The molecule has 0 saturated carbocycles. The van der Waals surface area contributed by atoms with Gasteiger partial charge >= 0.3 is 0 Å². The van der Waals surface area contributed by atoms with Crippen LogP contribution in [0, 0.1) is 6.92 Å². The van der Waals surface area contributed by atoms with Gasteiger partial charge in [-0.2, -0.15) is 0 Å². The molecule has 1 N–H and O–H groups in total. The molecule has 1 heterocycles. The fourth-order valence-corrected chi connectivity index (χ4v) is 3.07. The van der Waals surface area contributed by atoms with E-state index >= 15 is 0 Å². The maximum absolute atomic E-state index is 4.57. The van der Waals surface area contributed by atoms with E-state index in [0.717, 1.165) is 17.3 Å². The van der Waals surface area contributed by atoms with Crippen molar-refractivity contribution in [2.24, 2.45) is 0 Å². The summed E-state index contributed by atoms with van der Waals surface area (Å²) < 4.78 is 1.15. The summed E-state index contributed by atoms with van der Waals surface area (Å²) in [6, 6.07) is 10.8. The van der Waals surface area contributed by atoms with E-state index in [4.69, 9.17) is 0 Å². The highest BCUT2D eigenvalue weighted by Crippen LogP contribution is 2.33. The Labute approximate surface area is 122 Å². The molecule has 1 atom stereocenters. The Balaban J connectivity index is 1.91. The van der Waals surface area contributed by atoms with E-state index in [1.807, 2.05) is 12.3 Å². The molecular weight excluding hydrogens is 300 g/mol. The third-order valence-electron chi connectivity index (χ3n) is 3.79. The van der Waals surface area contributed by atoms with Crippen molar-refractivity contribution >= 4 is 21.6 Å². The summed E-state index contributed by atoms with van der Waals surface area (Å²) in [7, 11) is 0. The molecule has 98 valence electrons. The van der Waals surface area contributed by atoms with Crippen molar-refractivity contribution in [3.8, 4) is 0 Å². The lowest BCUT2D eigenvalue weighted by molar-refractivity contribution is 0.583. The molecular formula is C16H17BrN2. The summed E-state index contributed by atoms with van der Waals surface area (Å²) in [5.41, 5.74) is 5.05. The highest BCUT2D eigenvalue weighted by atomic mass is 79.9. The second kappa shape index (κ2) is 5.33. The molecule has 0 bridgehead atoms. The Kier molecular flexibility index (Phi) is 3.56. The summed E-state index contributed by atoms with van der Waals surface area (Å²) in [5, 5.41) is 3.65. The Hall–Kier alpha value is -1.35. The van der Waals surface area contributed by atoms with E-state index in [1.165, 1.54) is 28.9 Å². The van der Waals surface area contributed by atoms with Gasteiger partial charge in [-0.05, 0) is 55.5 Å². The van der Waals surface area contributed by atoms with Crippen LogP contribution in [0.4, 0.5) is 5.69 Å². The average molecular weight is 317 g/mol. The molecule has 19 heavy (non-hydrogen) atoms. The predicted octanol–water partition coefficient (Wildman–Crippen LogP) is 4.64. The number of hydrogen-bond acceptors (Lipinski definition) is 2. The molecule has 1 aromatic heterocycles. The summed E-state index contributed by atoms with van der Waals surface area (Å²) >= 11 is 3.59. The van der Waals surface area contributed by atoms with Gasteiger partial charge in [-0.3, -0.25) is 4.98 Å². The van der Waals surface area contributed by atoms with E-state index in [2.05, 4.69) is 57.4 Å². The number of aromatic nitrogens is 1. The van der Waals surface area contributed by atoms with Gasteiger partial charge in [-0.1, -0.05) is 28.1 Å². The second-order valence-electron chi connectivity index (χ2n) is 5.05. The first-order chi connectivity index (χ1) is 9.25. The van der Waals surface area contributed by atoms with Crippen molar-refractivity contribution in [2.75, 3.05) is 5.32 Å². The van der Waals surface area contributed by atoms with Gasteiger partial charge < -0.3 is 5.32 Å². The van der Waals surface area contributed by atoms with Gasteiger partial charge in [0.2, 0.25) is 0 Å². The van der Waals surface area contributed by atoms with Gasteiger partial charge in [-0.25, -0.2) is 0 Å². The van der Waals surface area contributed by atoms with Crippen LogP contribution in [0.15, 0.2) is 41.0 Å². The molecule has 0 saturated heterocycles. The maximum atomic E-state index is 4.57. The van der Waals surface area contributed by atoms with Crippen LogP contribution in [-0.2, 0) is 6.42 Å². The molecule has 0 spiro atoms. The monoisotopic (exact) mass is 316 g/mol. The summed E-state index contributed by atoms with van der Waals surface area (Å²) in [4.78, 5) is 4.57. The predicted molar refractivity (Wildman–Crippen MR) is 82.4 cm³/mol. The zero-order valence-electron chi connectivity index (χ0n) is 11.0. The highest BCUT2D eigenvalue weighted by Gasteiger charge is 2.21. The van der Waals surface area contributed by atoms with Crippen molar-refractivity contribution in [3.63, 3.8) is 0 Å². The standard InChI is InChI=1S/C16H17BrN2/c1-11-13(17)7-3-8-14(11)19-15-9-2-5-12-6-4-10-18-16(12)15/h3-4,6-8,10,15,19H,2,5,9H2,1H3. The van der Waals surface area contributed by atoms with E-state index in [0.29, 0.717) is 6.04 Å². The largest absolute Gasteiger partial charge is 0.376 e. The number of anilines is 1. The normalized spacial score (nSPS) is 17.9. The quantitative estimate of drug-likeness (QED) is 0.872. The minimum absolute atomic E-state index is 0.331. The fraction of sp³-hybridized carbons (Fsp3) is 0.312. The van der Waals surface area contributed by atoms with Crippen LogP contribution in [0.3, 0.4) is 0 Å². The molecule has 3 rings (SSSR count). The zero-order chi connectivity index (χ0) is 13.2. The van der Waals surface area contributed by atoms with Crippen LogP contribution in [0.2, 0.25) is 0 Å². The van der Waals surface area contributed by atoms with Crippen LogP contribution in [0.1, 0.15) is 35.7 Å². The third kappa shape index (κ3) is 2.52. The summed E-state index contributed by atoms with van der Waals surface area (Å²) in [6.45, 7) is 2.13. The third-order valence-corrected chi connectivity index (χ3v) is 4.65. The van der Waals surface area contributed by atoms with Gasteiger partial charge in [-0.15, -0.1) is 0 Å². The van der Waals surface area contributed by atoms with Crippen LogP contribution in [0.5, 0.6) is 0 Å². The Morgan fingerprint density at radius 1 is 1.26 bits per heavy atom. The van der Waals surface area contributed by atoms with Crippen LogP contribution < -0.4 is 5.32 Å². The van der Waals surface area contributed by atoms with Gasteiger partial charge in [0.15, 0.2) is 0 Å². The Bertz CT molecular complexity index is 595. The fourth-order valence-electron chi connectivity index (χ4n) is 2.70. The molecule has 2 nitrogen and oxygen atoms in total. The van der Waals surface area contributed by atoms with E-state index in [9.17, 15) is 0 Å². The van der Waals surface area contributed by atoms with E-state index < -0.39 is 0 Å². The summed E-state index contributed by atoms with van der Waals surface area (Å²) in [6.07, 6.45) is 5.42. The smallest absolute Gasteiger partial charge is 0.0688 e. The first kappa shape index (κ1) is 12.7. The number of nitrogens with one attached hydrogen (secondary N) is 1. The minimum atomic E-state index is 0.331. The van der Waals surface area contributed by atoms with Crippen molar-refractivity contribution in [2.45, 2.75) is 32.2 Å². The number of aryl methyl sites for hydroxylation is 1. The van der Waals surface area contributed by atoms with Gasteiger partial charge in [0.05, 0.1) is 11.7 Å². The highest BCUT2D eigenvalue weighted by molar-refractivity contribution is 9.10. The van der Waals surface area contributed by atoms with Gasteiger partial charge in [0, 0.05) is 16.4 Å². The van der Waals surface area contributed by atoms with E-state index in [-0.39, 0.29) is 0 Å². The number of halogens is 1. The molecule has 1 aromatic carbocycles. The Morgan fingerprint density at radius 2 is 2.16 bits per heavy atom. The number of hydrogen-bond donors (Lipinski definition) is 1. The van der Waals surface area contributed by atoms with Crippen molar-refractivity contribution in [3.05, 3.63) is 57.8 Å². The molecule has 0 amide bonds. The van der Waals surface area contributed by atoms with Gasteiger partial charge in [0.1, 0.15) is 0 Å². The number of rotatable bonds is 2. The van der Waals surface area contributed by atoms with E-state index in [1.54, 1.807) is 0 Å². The lowest BCUT2D eigenvalue weighted by Gasteiger charge is -2.26.